The molecule has 1 saturated carbocycles. The second-order valence-electron chi connectivity index (χ2n) is 14.0. The molecule has 4 amide bonds. The lowest BCUT2D eigenvalue weighted by Gasteiger charge is -2.34. The van der Waals surface area contributed by atoms with Crippen LogP contribution in [0.3, 0.4) is 0 Å². The highest BCUT2D eigenvalue weighted by Gasteiger charge is 2.34. The zero-order chi connectivity index (χ0) is 33.0. The number of H-pyrrole nitrogens is 1. The van der Waals surface area contributed by atoms with Crippen molar-refractivity contribution in [1.29, 1.82) is 0 Å². The normalized spacial score (nSPS) is 17.5. The number of aliphatic hydroxyl groups excluding tert-OH is 2. The first-order valence-corrected chi connectivity index (χ1v) is 16.4. The number of hydrogen-bond acceptors (Lipinski definition) is 6. The van der Waals surface area contributed by atoms with Crippen LogP contribution in [0, 0.1) is 11.8 Å². The van der Waals surface area contributed by atoms with Gasteiger partial charge in [-0.05, 0) is 51.0 Å². The largest absolute Gasteiger partial charge is 0.390 e. The Labute approximate surface area is 267 Å². The van der Waals surface area contributed by atoms with E-state index in [-0.39, 0.29) is 18.8 Å². The predicted octanol–water partition coefficient (Wildman–Crippen LogP) is 3.37. The number of carbonyl (C=O) groups is 3. The molecule has 0 aliphatic heterocycles. The molecule has 0 bridgehead atoms. The minimum Gasteiger partial charge on any atom is -0.390 e. The Bertz CT molecular complexity index is 1180. The van der Waals surface area contributed by atoms with E-state index in [1.165, 1.54) is 12.7 Å². The number of aromatic nitrogens is 2. The number of urea groups is 1. The van der Waals surface area contributed by atoms with Crippen molar-refractivity contribution < 1.29 is 24.6 Å². The Hall–Kier alpha value is -3.44. The molecule has 7 N–H and O–H groups in total. The first-order chi connectivity index (χ1) is 21.3. The molecule has 11 nitrogen and oxygen atoms in total. The zero-order valence-electron chi connectivity index (χ0n) is 27.5. The summed E-state index contributed by atoms with van der Waals surface area (Å²) in [6, 6.07) is 6.15. The van der Waals surface area contributed by atoms with Crippen LogP contribution in [-0.2, 0) is 22.4 Å². The number of benzene rings is 1. The van der Waals surface area contributed by atoms with Crippen molar-refractivity contribution in [3.05, 3.63) is 54.1 Å². The molecule has 1 heterocycles. The minimum atomic E-state index is -1.16. The van der Waals surface area contributed by atoms with Gasteiger partial charge in [0.25, 0.3) is 0 Å². The van der Waals surface area contributed by atoms with Crippen molar-refractivity contribution in [2.24, 2.45) is 11.8 Å². The molecule has 0 spiro atoms. The maximum absolute atomic E-state index is 13.9. The van der Waals surface area contributed by atoms with Crippen LogP contribution in [0.2, 0.25) is 0 Å². The number of nitrogens with zero attached hydrogens (tertiary/aromatic N) is 1. The summed E-state index contributed by atoms with van der Waals surface area (Å²) in [5.41, 5.74) is 0.964. The Kier molecular flexibility index (Phi) is 13.9. The molecule has 3 rings (SSSR count). The van der Waals surface area contributed by atoms with Gasteiger partial charge in [0.1, 0.15) is 18.2 Å². The molecule has 1 aromatic heterocycles. The van der Waals surface area contributed by atoms with Crippen LogP contribution in [0.4, 0.5) is 4.79 Å². The standard InChI is InChI=1S/C34H54N6O5/c1-22(2)16-29(41)30(42)26(17-23-12-8-6-9-13-23)37-32(44)28(19-25-20-35-21-36-25)38-31(43)27(18-24-14-10-7-11-15-24)39-33(45)40-34(3,4)5/h7,10-11,14-15,20-23,26-30,41-42H,6,8-9,12-13,16-19H2,1-5H3,(H,35,36)(H,37,44)(H,38,43)(H2,39,40,45)/t26-,27-,28-,29-,30+/m0/s1. The van der Waals surface area contributed by atoms with Crippen LogP contribution in [0.5, 0.6) is 0 Å². The third-order valence-corrected chi connectivity index (χ3v) is 8.16. The van der Waals surface area contributed by atoms with Gasteiger partial charge in [-0.2, -0.15) is 0 Å². The number of carbonyl (C=O) groups excluding carboxylic acids is 3. The van der Waals surface area contributed by atoms with E-state index in [0.717, 1.165) is 31.2 Å². The molecule has 1 fully saturated rings. The number of hydrogen-bond donors (Lipinski definition) is 7. The lowest BCUT2D eigenvalue weighted by Crippen LogP contribution is -2.59. The highest BCUT2D eigenvalue weighted by atomic mass is 16.3. The zero-order valence-corrected chi connectivity index (χ0v) is 27.5. The molecule has 11 heteroatoms. The van der Waals surface area contributed by atoms with E-state index in [0.29, 0.717) is 24.5 Å². The van der Waals surface area contributed by atoms with Gasteiger partial charge in [0.05, 0.1) is 18.5 Å². The van der Waals surface area contributed by atoms with E-state index in [1.54, 1.807) is 6.20 Å². The quantitative estimate of drug-likeness (QED) is 0.160. The van der Waals surface area contributed by atoms with Gasteiger partial charge in [0, 0.05) is 30.3 Å². The maximum Gasteiger partial charge on any atom is 0.315 e. The van der Waals surface area contributed by atoms with Crippen molar-refractivity contribution in [2.45, 2.75) is 128 Å². The average molecular weight is 627 g/mol. The first-order valence-electron chi connectivity index (χ1n) is 16.4. The highest BCUT2D eigenvalue weighted by Crippen LogP contribution is 2.29. The Morgan fingerprint density at radius 3 is 2.18 bits per heavy atom. The summed E-state index contributed by atoms with van der Waals surface area (Å²) >= 11 is 0. The SMILES string of the molecule is CC(C)C[C@H](O)[C@H](O)[C@H](CC1CCCCC1)NC(=O)[C@H](Cc1cnc[nH]1)NC(=O)[C@H](Cc1ccccc1)NC(=O)NC(C)(C)C. The molecule has 45 heavy (non-hydrogen) atoms. The summed E-state index contributed by atoms with van der Waals surface area (Å²) in [7, 11) is 0. The van der Waals surface area contributed by atoms with Crippen molar-refractivity contribution in [1.82, 2.24) is 31.2 Å². The predicted molar refractivity (Wildman–Crippen MR) is 174 cm³/mol. The van der Waals surface area contributed by atoms with Gasteiger partial charge >= 0.3 is 6.03 Å². The number of aromatic amines is 1. The number of nitrogens with one attached hydrogen (secondary N) is 5. The van der Waals surface area contributed by atoms with E-state index < -0.39 is 53.7 Å². The summed E-state index contributed by atoms with van der Waals surface area (Å²) in [6.45, 7) is 9.49. The molecule has 1 aliphatic carbocycles. The molecule has 1 aromatic carbocycles. The van der Waals surface area contributed by atoms with Gasteiger partial charge in [-0.3, -0.25) is 9.59 Å². The summed E-state index contributed by atoms with van der Waals surface area (Å²) in [5.74, 6) is -0.511. The summed E-state index contributed by atoms with van der Waals surface area (Å²) in [6.07, 6.45) is 7.61. The van der Waals surface area contributed by atoms with E-state index in [2.05, 4.69) is 31.2 Å². The van der Waals surface area contributed by atoms with Crippen LogP contribution >= 0.6 is 0 Å². The summed E-state index contributed by atoms with van der Waals surface area (Å²) in [4.78, 5) is 47.6. The molecule has 0 saturated heterocycles. The minimum absolute atomic E-state index is 0.116. The van der Waals surface area contributed by atoms with Crippen LogP contribution in [-0.4, -0.2) is 73.9 Å². The Morgan fingerprint density at radius 2 is 1.58 bits per heavy atom. The fraction of sp³-hybridized carbons (Fsp3) is 0.647. The smallest absolute Gasteiger partial charge is 0.315 e. The third kappa shape index (κ3) is 12.8. The summed E-state index contributed by atoms with van der Waals surface area (Å²) in [5, 5.41) is 33.6. The number of aliphatic hydroxyl groups is 2. The van der Waals surface area contributed by atoms with Crippen molar-refractivity contribution in [3.8, 4) is 0 Å². The number of amides is 4. The molecule has 5 atom stereocenters. The molecule has 0 unspecified atom stereocenters. The lowest BCUT2D eigenvalue weighted by molar-refractivity contribution is -0.131. The summed E-state index contributed by atoms with van der Waals surface area (Å²) < 4.78 is 0. The van der Waals surface area contributed by atoms with E-state index in [4.69, 9.17) is 0 Å². The first kappa shape index (κ1) is 36.0. The van der Waals surface area contributed by atoms with Gasteiger partial charge in [-0.25, -0.2) is 9.78 Å². The second kappa shape index (κ2) is 17.3. The maximum atomic E-state index is 13.9. The number of rotatable bonds is 15. The van der Waals surface area contributed by atoms with Gasteiger partial charge in [-0.1, -0.05) is 76.3 Å². The average Bonchev–Trinajstić information content (AvgIpc) is 3.48. The molecular formula is C34H54N6O5. The number of imidazole rings is 1. The molecule has 0 radical (unpaired) electrons. The van der Waals surface area contributed by atoms with E-state index in [1.807, 2.05) is 65.0 Å². The van der Waals surface area contributed by atoms with Gasteiger partial charge in [0.2, 0.25) is 11.8 Å². The van der Waals surface area contributed by atoms with Crippen molar-refractivity contribution in [2.75, 3.05) is 0 Å². The van der Waals surface area contributed by atoms with Gasteiger partial charge in [0.15, 0.2) is 0 Å². The van der Waals surface area contributed by atoms with Gasteiger partial charge < -0.3 is 36.5 Å². The topological polar surface area (TPSA) is 168 Å². The fourth-order valence-electron chi connectivity index (χ4n) is 5.93. The van der Waals surface area contributed by atoms with E-state index in [9.17, 15) is 24.6 Å². The van der Waals surface area contributed by atoms with Crippen LogP contribution in [0.15, 0.2) is 42.9 Å². The molecular weight excluding hydrogens is 572 g/mol. The Morgan fingerprint density at radius 1 is 0.933 bits per heavy atom. The lowest BCUT2D eigenvalue weighted by atomic mass is 9.82. The monoisotopic (exact) mass is 626 g/mol. The molecule has 1 aliphatic rings. The molecule has 2 aromatic rings. The van der Waals surface area contributed by atoms with Gasteiger partial charge in [-0.15, -0.1) is 0 Å². The fourth-order valence-corrected chi connectivity index (χ4v) is 5.93. The van der Waals surface area contributed by atoms with Crippen LogP contribution < -0.4 is 21.3 Å². The highest BCUT2D eigenvalue weighted by molar-refractivity contribution is 5.92. The van der Waals surface area contributed by atoms with Crippen molar-refractivity contribution in [3.63, 3.8) is 0 Å². The second-order valence-corrected chi connectivity index (χ2v) is 14.0. The van der Waals surface area contributed by atoms with Crippen LogP contribution in [0.1, 0.15) is 90.8 Å². The third-order valence-electron chi connectivity index (χ3n) is 8.16. The van der Waals surface area contributed by atoms with Crippen molar-refractivity contribution >= 4 is 17.8 Å². The van der Waals surface area contributed by atoms with Crippen LogP contribution in [0.25, 0.3) is 0 Å². The Balaban J connectivity index is 1.83. The van der Waals surface area contributed by atoms with E-state index >= 15 is 0 Å². The molecule has 250 valence electrons.